The number of nitrogens with one attached hydrogen (secondary N) is 1. The lowest BCUT2D eigenvalue weighted by Crippen LogP contribution is -2.26. The first-order valence-electron chi connectivity index (χ1n) is 3.93. The van der Waals surface area contributed by atoms with Crippen molar-refractivity contribution in [3.05, 3.63) is 29.8 Å². The normalized spacial score (nSPS) is 9.62. The van der Waals surface area contributed by atoms with Crippen LogP contribution in [0.25, 0.3) is 0 Å². The van der Waals surface area contributed by atoms with Gasteiger partial charge in [0.1, 0.15) is 7.85 Å². The highest BCUT2D eigenvalue weighted by atomic mass is 35.5. The fourth-order valence-corrected chi connectivity index (χ4v) is 1.04. The van der Waals surface area contributed by atoms with E-state index in [2.05, 4.69) is 5.32 Å². The molecule has 66 valence electrons. The maximum Gasteiger partial charge on any atom is 0.251 e. The van der Waals surface area contributed by atoms with Crippen LogP contribution in [0, 0.1) is 0 Å². The zero-order valence-corrected chi connectivity index (χ0v) is 7.84. The summed E-state index contributed by atoms with van der Waals surface area (Å²) in [5.74, 6) is 0.265. The fraction of sp³-hybridized carbons (Fsp3) is 0.222. The zero-order valence-electron chi connectivity index (χ0n) is 7.09. The predicted octanol–water partition coefficient (Wildman–Crippen LogP) is 0.449. The largest absolute Gasteiger partial charge is 0.351 e. The maximum atomic E-state index is 11.3. The summed E-state index contributed by atoms with van der Waals surface area (Å²) in [6.45, 7) is 0.467. The van der Waals surface area contributed by atoms with Crippen molar-refractivity contribution in [3.63, 3.8) is 0 Å². The van der Waals surface area contributed by atoms with Gasteiger partial charge in [-0.25, -0.2) is 0 Å². The second kappa shape index (κ2) is 4.92. The topological polar surface area (TPSA) is 29.1 Å². The van der Waals surface area contributed by atoms with Gasteiger partial charge in [-0.3, -0.25) is 4.79 Å². The molecule has 1 aromatic carbocycles. The molecule has 2 radical (unpaired) electrons. The number of rotatable bonds is 3. The smallest absolute Gasteiger partial charge is 0.251 e. The number of alkyl halides is 1. The molecule has 0 spiro atoms. The van der Waals surface area contributed by atoms with Crippen molar-refractivity contribution in [2.75, 3.05) is 12.4 Å². The van der Waals surface area contributed by atoms with Crippen molar-refractivity contribution in [3.8, 4) is 0 Å². The van der Waals surface area contributed by atoms with Gasteiger partial charge in [0.15, 0.2) is 0 Å². The van der Waals surface area contributed by atoms with E-state index in [1.807, 2.05) is 0 Å². The first-order valence-corrected chi connectivity index (χ1v) is 4.47. The molecule has 0 unspecified atom stereocenters. The summed E-state index contributed by atoms with van der Waals surface area (Å²) < 4.78 is 0. The van der Waals surface area contributed by atoms with Crippen LogP contribution in [0.2, 0.25) is 0 Å². The number of benzene rings is 1. The van der Waals surface area contributed by atoms with Crippen molar-refractivity contribution in [1.29, 1.82) is 0 Å². The Morgan fingerprint density at radius 3 is 2.92 bits per heavy atom. The molecule has 1 rings (SSSR count). The van der Waals surface area contributed by atoms with E-state index in [-0.39, 0.29) is 5.91 Å². The molecule has 0 aliphatic heterocycles. The Morgan fingerprint density at radius 1 is 1.54 bits per heavy atom. The Morgan fingerprint density at radius 2 is 2.31 bits per heavy atom. The molecule has 0 saturated carbocycles. The third kappa shape index (κ3) is 3.11. The van der Waals surface area contributed by atoms with Crippen LogP contribution in [0.4, 0.5) is 0 Å². The van der Waals surface area contributed by atoms with Crippen LogP contribution in [0.15, 0.2) is 24.3 Å². The van der Waals surface area contributed by atoms with E-state index in [1.54, 1.807) is 24.3 Å². The number of carbonyl (C=O) groups is 1. The number of halogens is 1. The van der Waals surface area contributed by atoms with Crippen LogP contribution in [0.5, 0.6) is 0 Å². The van der Waals surface area contributed by atoms with E-state index in [9.17, 15) is 4.79 Å². The highest BCUT2D eigenvalue weighted by Crippen LogP contribution is 1.95. The van der Waals surface area contributed by atoms with E-state index in [1.165, 1.54) is 0 Å². The monoisotopic (exact) mass is 193 g/mol. The number of amides is 1. The molecule has 1 amide bonds. The summed E-state index contributed by atoms with van der Waals surface area (Å²) in [6, 6.07) is 6.81. The zero-order chi connectivity index (χ0) is 9.68. The summed E-state index contributed by atoms with van der Waals surface area (Å²) in [5.41, 5.74) is 1.14. The molecular formula is C9H9BClNO. The standard InChI is InChI=1S/C9H9BClNO/c10-8-3-1-2-7(6-8)9(13)12-5-4-11/h1-3,6H,4-5H2,(H,12,13). The van der Waals surface area contributed by atoms with Gasteiger partial charge < -0.3 is 5.32 Å². The molecule has 1 aromatic rings. The molecule has 0 fully saturated rings. The van der Waals surface area contributed by atoms with Crippen LogP contribution < -0.4 is 10.8 Å². The van der Waals surface area contributed by atoms with Crippen LogP contribution in [-0.4, -0.2) is 26.2 Å². The quantitative estimate of drug-likeness (QED) is 0.548. The number of hydrogen-bond acceptors (Lipinski definition) is 1. The number of hydrogen-bond donors (Lipinski definition) is 1. The Bertz CT molecular complexity index is 303. The van der Waals surface area contributed by atoms with Crippen molar-refractivity contribution in [2.24, 2.45) is 0 Å². The lowest BCUT2D eigenvalue weighted by molar-refractivity contribution is 0.0956. The average molecular weight is 193 g/mol. The van der Waals surface area contributed by atoms with Gasteiger partial charge >= 0.3 is 0 Å². The SMILES string of the molecule is [B]c1cccc(C(=O)NCCCl)c1. The van der Waals surface area contributed by atoms with Gasteiger partial charge in [0.05, 0.1) is 0 Å². The summed E-state index contributed by atoms with van der Waals surface area (Å²) in [5, 5.41) is 2.65. The molecule has 2 nitrogen and oxygen atoms in total. The Hall–Kier alpha value is -0.955. The van der Waals surface area contributed by atoms with Gasteiger partial charge in [-0.05, 0) is 6.07 Å². The van der Waals surface area contributed by atoms with Crippen molar-refractivity contribution in [1.82, 2.24) is 5.32 Å². The third-order valence-corrected chi connectivity index (χ3v) is 1.72. The fourth-order valence-electron chi connectivity index (χ4n) is 0.943. The molecule has 0 aliphatic rings. The van der Waals surface area contributed by atoms with E-state index < -0.39 is 0 Å². The van der Waals surface area contributed by atoms with E-state index in [0.29, 0.717) is 23.5 Å². The summed E-state index contributed by atoms with van der Waals surface area (Å²) >= 11 is 5.42. The van der Waals surface area contributed by atoms with Crippen molar-refractivity contribution < 1.29 is 4.79 Å². The lowest BCUT2D eigenvalue weighted by Gasteiger charge is -2.03. The van der Waals surface area contributed by atoms with E-state index in [0.717, 1.165) is 0 Å². The Kier molecular flexibility index (Phi) is 3.84. The molecule has 0 saturated heterocycles. The second-order valence-electron chi connectivity index (χ2n) is 2.57. The molecule has 13 heavy (non-hydrogen) atoms. The lowest BCUT2D eigenvalue weighted by atomic mass is 9.94. The van der Waals surface area contributed by atoms with Crippen LogP contribution >= 0.6 is 11.6 Å². The van der Waals surface area contributed by atoms with Crippen molar-refractivity contribution >= 4 is 30.8 Å². The molecule has 4 heteroatoms. The average Bonchev–Trinajstić information content (AvgIpc) is 2.14. The van der Waals surface area contributed by atoms with E-state index >= 15 is 0 Å². The molecule has 0 heterocycles. The van der Waals surface area contributed by atoms with Crippen LogP contribution in [-0.2, 0) is 0 Å². The molecule has 0 aliphatic carbocycles. The first-order chi connectivity index (χ1) is 6.24. The Balaban J connectivity index is 2.66. The minimum atomic E-state index is -0.145. The van der Waals surface area contributed by atoms with Gasteiger partial charge in [0.25, 0.3) is 5.91 Å². The van der Waals surface area contributed by atoms with E-state index in [4.69, 9.17) is 19.4 Å². The van der Waals surface area contributed by atoms with Gasteiger partial charge in [-0.2, -0.15) is 0 Å². The first kappa shape index (κ1) is 10.1. The third-order valence-electron chi connectivity index (χ3n) is 1.53. The maximum absolute atomic E-state index is 11.3. The molecule has 0 bridgehead atoms. The highest BCUT2D eigenvalue weighted by molar-refractivity contribution is 6.32. The van der Waals surface area contributed by atoms with Crippen LogP contribution in [0.1, 0.15) is 10.4 Å². The predicted molar refractivity (Wildman–Crippen MR) is 54.9 cm³/mol. The minimum absolute atomic E-state index is 0.145. The summed E-state index contributed by atoms with van der Waals surface area (Å²) in [6.07, 6.45) is 0. The summed E-state index contributed by atoms with van der Waals surface area (Å²) in [4.78, 5) is 11.3. The molecule has 1 N–H and O–H groups in total. The number of carbonyl (C=O) groups excluding carboxylic acids is 1. The van der Waals surface area contributed by atoms with Gasteiger partial charge in [-0.1, -0.05) is 23.7 Å². The minimum Gasteiger partial charge on any atom is -0.351 e. The molecule has 0 atom stereocenters. The van der Waals surface area contributed by atoms with Gasteiger partial charge in [0, 0.05) is 18.0 Å². The molecular weight excluding hydrogens is 184 g/mol. The Labute approximate surface area is 83.7 Å². The highest BCUT2D eigenvalue weighted by Gasteiger charge is 2.02. The van der Waals surface area contributed by atoms with Crippen molar-refractivity contribution in [2.45, 2.75) is 0 Å². The molecule has 0 aromatic heterocycles. The van der Waals surface area contributed by atoms with Crippen LogP contribution in [0.3, 0.4) is 0 Å². The van der Waals surface area contributed by atoms with Gasteiger partial charge in [0.2, 0.25) is 0 Å². The second-order valence-corrected chi connectivity index (χ2v) is 2.95. The van der Waals surface area contributed by atoms with Gasteiger partial charge in [-0.15, -0.1) is 11.6 Å². The summed E-state index contributed by atoms with van der Waals surface area (Å²) in [7, 11) is 5.52.